The average molecular weight is 496 g/mol. The Morgan fingerprint density at radius 1 is 0.933 bits per heavy atom. The number of ether oxygens (including phenoxy) is 1. The minimum Gasteiger partial charge on any atom is -0.417 e. The molecule has 0 fully saturated rings. The molecule has 0 heterocycles. The van der Waals surface area contributed by atoms with Crippen LogP contribution in [-0.4, -0.2) is 64.1 Å². The van der Waals surface area contributed by atoms with E-state index in [1.807, 2.05) is 0 Å². The van der Waals surface area contributed by atoms with Crippen LogP contribution in [0, 0.1) is 0 Å². The zero-order valence-corrected chi connectivity index (χ0v) is 24.8. The molecule has 30 heavy (non-hydrogen) atoms. The summed E-state index contributed by atoms with van der Waals surface area (Å²) in [4.78, 5) is 11.0. The summed E-state index contributed by atoms with van der Waals surface area (Å²) in [6.07, 6.45) is 2.05. The lowest BCUT2D eigenvalue weighted by Gasteiger charge is -2.42. The molecule has 0 aliphatic carbocycles. The van der Waals surface area contributed by atoms with E-state index in [2.05, 4.69) is 58.9 Å². The second kappa shape index (κ2) is 12.2. The van der Waals surface area contributed by atoms with Crippen molar-refractivity contribution in [2.24, 2.45) is 5.73 Å². The summed E-state index contributed by atoms with van der Waals surface area (Å²) < 4.78 is 25.6. The minimum absolute atomic E-state index is 0.204. The van der Waals surface area contributed by atoms with Crippen molar-refractivity contribution in [1.29, 1.82) is 0 Å². The number of carbonyl (C=O) groups excluding carboxylic acids is 1. The van der Waals surface area contributed by atoms with E-state index in [4.69, 9.17) is 22.8 Å². The number of aliphatic hydroxyl groups is 1. The fourth-order valence-corrected chi connectivity index (χ4v) is 17.3. The highest BCUT2D eigenvalue weighted by atomic mass is 28.5. The molecule has 1 atom stereocenters. The van der Waals surface area contributed by atoms with Gasteiger partial charge in [-0.05, 0) is 78.7 Å². The summed E-state index contributed by atoms with van der Waals surface area (Å²) in [5.74, 6) is -0.475. The molecule has 1 amide bonds. The fourth-order valence-electron chi connectivity index (χ4n) is 2.71. The number of rotatable bonds is 15. The highest BCUT2D eigenvalue weighted by Crippen LogP contribution is 2.29. The van der Waals surface area contributed by atoms with Crippen molar-refractivity contribution < 1.29 is 27.0 Å². The Kier molecular flexibility index (Phi) is 12.2. The van der Waals surface area contributed by atoms with Gasteiger partial charge in [0.05, 0.1) is 12.7 Å². The van der Waals surface area contributed by atoms with E-state index >= 15 is 0 Å². The Morgan fingerprint density at radius 3 is 1.73 bits per heavy atom. The SMILES string of the molecule is C/C(=C\CC(O)COCCC[Si](O[Si](C)(C)C)(O[Si](C)(C)C)O[Si](C)(C)C)C(N)=O. The average Bonchev–Trinajstić information content (AvgIpc) is 2.46. The van der Waals surface area contributed by atoms with Gasteiger partial charge in [-0.2, -0.15) is 0 Å². The lowest BCUT2D eigenvalue weighted by atomic mass is 10.2. The summed E-state index contributed by atoms with van der Waals surface area (Å²) in [5, 5.41) is 10.0. The van der Waals surface area contributed by atoms with Crippen molar-refractivity contribution in [2.75, 3.05) is 13.2 Å². The fraction of sp³-hybridized carbons (Fsp3) is 0.842. The largest absolute Gasteiger partial charge is 0.469 e. The Labute approximate surface area is 188 Å². The molecule has 0 rings (SSSR count). The zero-order chi connectivity index (χ0) is 23.8. The van der Waals surface area contributed by atoms with Crippen molar-refractivity contribution in [3.63, 3.8) is 0 Å². The van der Waals surface area contributed by atoms with E-state index in [1.54, 1.807) is 13.0 Å². The van der Waals surface area contributed by atoms with Crippen LogP contribution in [0.5, 0.6) is 0 Å². The smallest absolute Gasteiger partial charge is 0.417 e. The van der Waals surface area contributed by atoms with Gasteiger partial charge in [-0.25, -0.2) is 0 Å². The van der Waals surface area contributed by atoms with E-state index in [0.717, 1.165) is 6.42 Å². The van der Waals surface area contributed by atoms with E-state index in [1.165, 1.54) is 0 Å². The molecule has 0 saturated heterocycles. The van der Waals surface area contributed by atoms with Crippen LogP contribution in [0.25, 0.3) is 0 Å². The highest BCUT2D eigenvalue weighted by molar-refractivity contribution is 6.90. The van der Waals surface area contributed by atoms with Gasteiger partial charge in [-0.3, -0.25) is 4.79 Å². The molecule has 178 valence electrons. The van der Waals surface area contributed by atoms with Gasteiger partial charge in [-0.1, -0.05) is 6.08 Å². The molecule has 0 aliphatic heterocycles. The van der Waals surface area contributed by atoms with Gasteiger partial charge in [-0.15, -0.1) is 0 Å². The second-order valence-electron chi connectivity index (χ2n) is 10.6. The molecule has 11 heteroatoms. The maximum Gasteiger partial charge on any atom is 0.469 e. The Bertz CT molecular complexity index is 526. The standard InChI is InChI=1S/C19H45NO6Si4/c1-17(19(20)22)12-13-18(21)16-23-14-11-15-30(24-27(2,3)4,25-28(5,6)7)26-29(8,9)10/h12,18,21H,11,13-16H2,1-10H3,(H2,20,22)/b17-12+. The predicted octanol–water partition coefficient (Wildman–Crippen LogP) is 4.07. The molecule has 0 saturated carbocycles. The molecule has 7 nitrogen and oxygen atoms in total. The van der Waals surface area contributed by atoms with Crippen LogP contribution < -0.4 is 5.73 Å². The summed E-state index contributed by atoms with van der Waals surface area (Å²) in [6, 6.07) is 0.711. The lowest BCUT2D eigenvalue weighted by molar-refractivity contribution is -0.114. The monoisotopic (exact) mass is 495 g/mol. The molecule has 0 aromatic carbocycles. The normalized spacial score (nSPS) is 15.4. The number of hydrogen-bond acceptors (Lipinski definition) is 6. The Morgan fingerprint density at radius 2 is 1.37 bits per heavy atom. The van der Waals surface area contributed by atoms with Gasteiger partial charge in [0.15, 0.2) is 25.0 Å². The van der Waals surface area contributed by atoms with Crippen molar-refractivity contribution >= 4 is 39.7 Å². The second-order valence-corrected chi connectivity index (χ2v) is 27.6. The van der Waals surface area contributed by atoms with Crippen LogP contribution in [0.15, 0.2) is 11.6 Å². The third-order valence-corrected chi connectivity index (χ3v) is 15.6. The third-order valence-electron chi connectivity index (χ3n) is 3.55. The van der Waals surface area contributed by atoms with E-state index in [-0.39, 0.29) is 6.61 Å². The van der Waals surface area contributed by atoms with Crippen LogP contribution in [0.1, 0.15) is 19.8 Å². The van der Waals surface area contributed by atoms with Crippen LogP contribution in [0.2, 0.25) is 65.0 Å². The van der Waals surface area contributed by atoms with Gasteiger partial charge >= 0.3 is 8.80 Å². The van der Waals surface area contributed by atoms with Crippen LogP contribution in [0.4, 0.5) is 0 Å². The molecular weight excluding hydrogens is 451 g/mol. The third kappa shape index (κ3) is 15.6. The first-order valence-electron chi connectivity index (χ1n) is 10.7. The highest BCUT2D eigenvalue weighted by Gasteiger charge is 2.49. The first kappa shape index (κ1) is 29.9. The van der Waals surface area contributed by atoms with Crippen molar-refractivity contribution in [2.45, 2.75) is 90.8 Å². The summed E-state index contributed by atoms with van der Waals surface area (Å²) >= 11 is 0. The summed E-state index contributed by atoms with van der Waals surface area (Å²) in [7, 11) is -8.47. The molecule has 0 aliphatic rings. The maximum atomic E-state index is 11.0. The Hall–Kier alpha value is -0.122. The van der Waals surface area contributed by atoms with Gasteiger partial charge in [0, 0.05) is 18.2 Å². The van der Waals surface area contributed by atoms with Gasteiger partial charge in [0.1, 0.15) is 0 Å². The number of carbonyl (C=O) groups is 1. The number of hydrogen-bond donors (Lipinski definition) is 2. The number of aliphatic hydroxyl groups excluding tert-OH is 1. The number of primary amides is 1. The maximum absolute atomic E-state index is 11.0. The lowest BCUT2D eigenvalue weighted by Crippen LogP contribution is -2.60. The predicted molar refractivity (Wildman–Crippen MR) is 133 cm³/mol. The van der Waals surface area contributed by atoms with E-state index < -0.39 is 45.8 Å². The Balaban J connectivity index is 4.96. The van der Waals surface area contributed by atoms with Crippen molar-refractivity contribution in [1.82, 2.24) is 0 Å². The molecule has 0 aromatic rings. The molecule has 0 aromatic heterocycles. The zero-order valence-electron chi connectivity index (χ0n) is 20.8. The molecule has 0 radical (unpaired) electrons. The molecule has 3 N–H and O–H groups in total. The minimum atomic E-state index is -2.84. The molecular formula is C19H45NO6Si4. The van der Waals surface area contributed by atoms with Crippen molar-refractivity contribution in [3.05, 3.63) is 11.6 Å². The van der Waals surface area contributed by atoms with Gasteiger partial charge in [0.25, 0.3) is 0 Å². The topological polar surface area (TPSA) is 100 Å². The molecule has 0 bridgehead atoms. The van der Waals surface area contributed by atoms with E-state index in [9.17, 15) is 9.90 Å². The molecule has 0 spiro atoms. The van der Waals surface area contributed by atoms with Gasteiger partial charge in [0.2, 0.25) is 5.91 Å². The number of amides is 1. The summed E-state index contributed by atoms with van der Waals surface area (Å²) in [6.45, 7) is 21.9. The van der Waals surface area contributed by atoms with Crippen molar-refractivity contribution in [3.8, 4) is 0 Å². The van der Waals surface area contributed by atoms with Crippen LogP contribution in [0.3, 0.4) is 0 Å². The quantitative estimate of drug-likeness (QED) is 0.202. The number of nitrogens with two attached hydrogens (primary N) is 1. The summed E-state index contributed by atoms with van der Waals surface area (Å²) in [5.41, 5.74) is 5.64. The first-order chi connectivity index (χ1) is 13.3. The first-order valence-corrected chi connectivity index (χ1v) is 22.8. The van der Waals surface area contributed by atoms with Gasteiger partial charge < -0.3 is 27.9 Å². The van der Waals surface area contributed by atoms with Crippen LogP contribution in [-0.2, 0) is 21.9 Å². The van der Waals surface area contributed by atoms with Crippen LogP contribution >= 0.6 is 0 Å². The van der Waals surface area contributed by atoms with E-state index in [0.29, 0.717) is 24.6 Å². The molecule has 1 unspecified atom stereocenters.